The minimum atomic E-state index is -0.116. The van der Waals surface area contributed by atoms with E-state index >= 15 is 0 Å². The number of urea groups is 1. The molecule has 0 aliphatic carbocycles. The Kier molecular flexibility index (Phi) is 6.72. The van der Waals surface area contributed by atoms with Gasteiger partial charge in [-0.3, -0.25) is 4.79 Å². The third-order valence-electron chi connectivity index (χ3n) is 5.71. The first kappa shape index (κ1) is 19.7. The Morgan fingerprint density at radius 3 is 2.59 bits per heavy atom. The summed E-state index contributed by atoms with van der Waals surface area (Å²) in [5, 5.41) is 2.93. The van der Waals surface area contributed by atoms with Gasteiger partial charge in [0, 0.05) is 38.9 Å². The average molecular weight is 373 g/mol. The van der Waals surface area contributed by atoms with Gasteiger partial charge < -0.3 is 20.0 Å². The molecule has 2 unspecified atom stereocenters. The van der Waals surface area contributed by atoms with Crippen LogP contribution in [0, 0.1) is 11.8 Å². The van der Waals surface area contributed by atoms with Gasteiger partial charge in [0.25, 0.3) is 0 Å². The molecule has 1 aromatic rings. The number of nitrogens with zero attached hydrogens (tertiary/aromatic N) is 3. The smallest absolute Gasteiger partial charge is 0.321 e. The maximum atomic E-state index is 12.9. The van der Waals surface area contributed by atoms with Crippen LogP contribution in [0.1, 0.15) is 25.7 Å². The predicted octanol–water partition coefficient (Wildman–Crippen LogP) is 2.73. The molecule has 0 radical (unpaired) electrons. The quantitative estimate of drug-likeness (QED) is 0.884. The number of amides is 3. The molecule has 2 saturated heterocycles. The van der Waals surface area contributed by atoms with Gasteiger partial charge >= 0.3 is 6.03 Å². The first-order valence-corrected chi connectivity index (χ1v) is 10.1. The van der Waals surface area contributed by atoms with Crippen LogP contribution < -0.4 is 5.32 Å². The monoisotopic (exact) mass is 372 g/mol. The largest absolute Gasteiger partial charge is 0.345 e. The van der Waals surface area contributed by atoms with Gasteiger partial charge in [0.1, 0.15) is 0 Å². The number of anilines is 1. The Labute approximate surface area is 162 Å². The first-order chi connectivity index (χ1) is 13.0. The number of rotatable bonds is 4. The van der Waals surface area contributed by atoms with Crippen LogP contribution in [0.4, 0.5) is 10.5 Å². The van der Waals surface area contributed by atoms with Gasteiger partial charge in [-0.1, -0.05) is 18.2 Å². The molecule has 2 aliphatic heterocycles. The van der Waals surface area contributed by atoms with Crippen LogP contribution >= 0.6 is 0 Å². The Bertz CT molecular complexity index is 636. The molecule has 2 aliphatic rings. The molecule has 1 aromatic carbocycles. The Balaban J connectivity index is 1.51. The van der Waals surface area contributed by atoms with Crippen molar-refractivity contribution in [1.29, 1.82) is 0 Å². The van der Waals surface area contributed by atoms with Crippen molar-refractivity contribution >= 4 is 17.6 Å². The molecule has 1 N–H and O–H groups in total. The molecule has 3 amide bonds. The van der Waals surface area contributed by atoms with E-state index < -0.39 is 0 Å². The summed E-state index contributed by atoms with van der Waals surface area (Å²) in [6.07, 6.45) is 4.14. The van der Waals surface area contributed by atoms with E-state index in [1.165, 1.54) is 12.8 Å². The number of benzene rings is 1. The molecule has 27 heavy (non-hydrogen) atoms. The molecule has 148 valence electrons. The van der Waals surface area contributed by atoms with E-state index in [2.05, 4.69) is 17.3 Å². The highest BCUT2D eigenvalue weighted by Gasteiger charge is 2.31. The fourth-order valence-corrected chi connectivity index (χ4v) is 4.30. The second-order valence-corrected chi connectivity index (χ2v) is 8.07. The van der Waals surface area contributed by atoms with Gasteiger partial charge in [-0.2, -0.15) is 0 Å². The first-order valence-electron chi connectivity index (χ1n) is 10.1. The second kappa shape index (κ2) is 9.22. The number of nitrogens with one attached hydrogen (secondary N) is 1. The topological polar surface area (TPSA) is 55.9 Å². The molecule has 3 rings (SSSR count). The molecule has 6 heteroatoms. The van der Waals surface area contributed by atoms with Crippen molar-refractivity contribution in [3.8, 4) is 0 Å². The number of para-hydroxylation sites is 1. The lowest BCUT2D eigenvalue weighted by Crippen LogP contribution is -2.48. The number of hydrogen-bond acceptors (Lipinski definition) is 3. The Morgan fingerprint density at radius 1 is 1.11 bits per heavy atom. The minimum Gasteiger partial charge on any atom is -0.345 e. The summed E-state index contributed by atoms with van der Waals surface area (Å²) in [4.78, 5) is 31.5. The molecule has 2 atom stereocenters. The molecule has 2 heterocycles. The van der Waals surface area contributed by atoms with Crippen LogP contribution in [0.25, 0.3) is 0 Å². The van der Waals surface area contributed by atoms with Crippen LogP contribution in [0.5, 0.6) is 0 Å². The highest BCUT2D eigenvalue weighted by Crippen LogP contribution is 2.22. The van der Waals surface area contributed by atoms with E-state index in [1.54, 1.807) is 4.90 Å². The third kappa shape index (κ3) is 5.45. The summed E-state index contributed by atoms with van der Waals surface area (Å²) in [6, 6.07) is 9.35. The van der Waals surface area contributed by atoms with Crippen LogP contribution in [0.3, 0.4) is 0 Å². The zero-order valence-corrected chi connectivity index (χ0v) is 16.6. The fourth-order valence-electron chi connectivity index (χ4n) is 4.30. The third-order valence-corrected chi connectivity index (χ3v) is 5.71. The van der Waals surface area contributed by atoms with E-state index in [0.29, 0.717) is 19.0 Å². The summed E-state index contributed by atoms with van der Waals surface area (Å²) in [5.41, 5.74) is 0.787. The van der Waals surface area contributed by atoms with Crippen molar-refractivity contribution < 1.29 is 9.59 Å². The summed E-state index contributed by atoms with van der Waals surface area (Å²) in [5.74, 6) is 0.644. The van der Waals surface area contributed by atoms with Crippen LogP contribution in [-0.2, 0) is 4.79 Å². The van der Waals surface area contributed by atoms with E-state index in [4.69, 9.17) is 0 Å². The van der Waals surface area contributed by atoms with Gasteiger partial charge in [0.05, 0.1) is 5.92 Å². The number of carbonyl (C=O) groups is 2. The summed E-state index contributed by atoms with van der Waals surface area (Å²) >= 11 is 0. The maximum absolute atomic E-state index is 12.9. The van der Waals surface area contributed by atoms with Crippen LogP contribution in [0.15, 0.2) is 30.3 Å². The van der Waals surface area contributed by atoms with E-state index in [1.807, 2.05) is 42.3 Å². The standard InChI is InChI=1S/C21H32N4O2/c1-23-12-6-8-17(14-23)15-24(2)20(26)18-9-7-13-25(16-18)21(27)22-19-10-4-3-5-11-19/h3-5,10-11,17-18H,6-9,12-16H2,1-2H3,(H,22,27). The van der Waals surface area contributed by atoms with Crippen molar-refractivity contribution in [3.63, 3.8) is 0 Å². The average Bonchev–Trinajstić information content (AvgIpc) is 2.68. The molecular formula is C21H32N4O2. The predicted molar refractivity (Wildman–Crippen MR) is 108 cm³/mol. The van der Waals surface area contributed by atoms with Gasteiger partial charge in [0.15, 0.2) is 0 Å². The van der Waals surface area contributed by atoms with E-state index in [9.17, 15) is 9.59 Å². The number of likely N-dealkylation sites (tertiary alicyclic amines) is 2. The minimum absolute atomic E-state index is 0.0911. The zero-order chi connectivity index (χ0) is 19.2. The van der Waals surface area contributed by atoms with Crippen molar-refractivity contribution in [2.24, 2.45) is 11.8 Å². The van der Waals surface area contributed by atoms with Gasteiger partial charge in [0.2, 0.25) is 5.91 Å². The summed E-state index contributed by atoms with van der Waals surface area (Å²) < 4.78 is 0. The number of piperidine rings is 2. The van der Waals surface area contributed by atoms with Crippen LogP contribution in [0.2, 0.25) is 0 Å². The lowest BCUT2D eigenvalue weighted by atomic mass is 9.94. The molecule has 0 spiro atoms. The van der Waals surface area contributed by atoms with Crippen molar-refractivity contribution in [1.82, 2.24) is 14.7 Å². The van der Waals surface area contributed by atoms with E-state index in [-0.39, 0.29) is 17.9 Å². The maximum Gasteiger partial charge on any atom is 0.321 e. The molecular weight excluding hydrogens is 340 g/mol. The summed E-state index contributed by atoms with van der Waals surface area (Å²) in [7, 11) is 4.07. The normalized spacial score (nSPS) is 23.7. The highest BCUT2D eigenvalue weighted by atomic mass is 16.2. The van der Waals surface area contributed by atoms with E-state index in [0.717, 1.165) is 38.2 Å². The second-order valence-electron chi connectivity index (χ2n) is 8.07. The number of hydrogen-bond donors (Lipinski definition) is 1. The molecule has 6 nitrogen and oxygen atoms in total. The zero-order valence-electron chi connectivity index (χ0n) is 16.6. The molecule has 0 bridgehead atoms. The highest BCUT2D eigenvalue weighted by molar-refractivity contribution is 5.90. The SMILES string of the molecule is CN1CCCC(CN(C)C(=O)C2CCCN(C(=O)Nc3ccccc3)C2)C1. The van der Waals surface area contributed by atoms with Crippen molar-refractivity contribution in [2.75, 3.05) is 52.1 Å². The van der Waals surface area contributed by atoms with Crippen molar-refractivity contribution in [2.45, 2.75) is 25.7 Å². The lowest BCUT2D eigenvalue weighted by molar-refractivity contribution is -0.136. The molecule has 0 aromatic heterocycles. The lowest BCUT2D eigenvalue weighted by Gasteiger charge is -2.36. The van der Waals surface area contributed by atoms with Gasteiger partial charge in [-0.25, -0.2) is 4.79 Å². The number of carbonyl (C=O) groups excluding carboxylic acids is 2. The Hall–Kier alpha value is -2.08. The van der Waals surface area contributed by atoms with Crippen LogP contribution in [-0.4, -0.2) is 73.5 Å². The van der Waals surface area contributed by atoms with Crippen molar-refractivity contribution in [3.05, 3.63) is 30.3 Å². The fraction of sp³-hybridized carbons (Fsp3) is 0.619. The van der Waals surface area contributed by atoms with Gasteiger partial charge in [-0.15, -0.1) is 0 Å². The molecule has 0 saturated carbocycles. The Morgan fingerprint density at radius 2 is 1.85 bits per heavy atom. The summed E-state index contributed by atoms with van der Waals surface area (Å²) in [6.45, 7) is 4.25. The molecule has 2 fully saturated rings. The van der Waals surface area contributed by atoms with Gasteiger partial charge in [-0.05, 0) is 57.3 Å².